The third kappa shape index (κ3) is 3.67. The Morgan fingerprint density at radius 2 is 1.92 bits per heavy atom. The van der Waals surface area contributed by atoms with Gasteiger partial charge in [-0.3, -0.25) is 14.4 Å². The summed E-state index contributed by atoms with van der Waals surface area (Å²) < 4.78 is 13.2. The van der Waals surface area contributed by atoms with Crippen LogP contribution in [0.3, 0.4) is 0 Å². The van der Waals surface area contributed by atoms with Gasteiger partial charge in [0.2, 0.25) is 5.91 Å². The summed E-state index contributed by atoms with van der Waals surface area (Å²) >= 11 is 5.72. The Morgan fingerprint density at radius 3 is 2.54 bits per heavy atom. The lowest BCUT2D eigenvalue weighted by Crippen LogP contribution is -2.34. The van der Waals surface area contributed by atoms with Crippen LogP contribution < -0.4 is 10.2 Å². The minimum Gasteiger partial charge on any atom is -0.481 e. The minimum atomic E-state index is -0.965. The number of nitrogens with one attached hydrogen (secondary N) is 1. The summed E-state index contributed by atoms with van der Waals surface area (Å²) in [5.41, 5.74) is 1.37. The van der Waals surface area contributed by atoms with Crippen LogP contribution in [0.4, 0.5) is 15.8 Å². The molecule has 0 spiro atoms. The van der Waals surface area contributed by atoms with Crippen molar-refractivity contribution in [2.24, 2.45) is 0 Å². The molecule has 0 aliphatic carbocycles. The maximum Gasteiger partial charge on any atom is 0.307 e. The van der Waals surface area contributed by atoms with Crippen molar-refractivity contribution < 1.29 is 23.9 Å². The highest BCUT2D eigenvalue weighted by molar-refractivity contribution is 6.31. The maximum atomic E-state index is 13.2. The summed E-state index contributed by atoms with van der Waals surface area (Å²) in [6.45, 7) is 0. The van der Waals surface area contributed by atoms with Crippen molar-refractivity contribution in [3.8, 4) is 0 Å². The van der Waals surface area contributed by atoms with Gasteiger partial charge in [-0.1, -0.05) is 23.7 Å². The summed E-state index contributed by atoms with van der Waals surface area (Å²) in [5.74, 6) is -2.37. The molecule has 2 aromatic carbocycles. The van der Waals surface area contributed by atoms with Crippen molar-refractivity contribution in [3.63, 3.8) is 0 Å². The van der Waals surface area contributed by atoms with Gasteiger partial charge in [0.25, 0.3) is 5.91 Å². The van der Waals surface area contributed by atoms with Crippen molar-refractivity contribution in [1.82, 2.24) is 0 Å². The van der Waals surface area contributed by atoms with Gasteiger partial charge < -0.3 is 10.4 Å². The number of aliphatic carboxylic acids is 1. The second-order valence-corrected chi connectivity index (χ2v) is 6.24. The lowest BCUT2D eigenvalue weighted by Gasteiger charge is -2.16. The Balaban J connectivity index is 1.76. The van der Waals surface area contributed by atoms with Gasteiger partial charge >= 0.3 is 5.97 Å². The average molecular weight is 377 g/mol. The van der Waals surface area contributed by atoms with Crippen LogP contribution in [0.5, 0.6) is 0 Å². The van der Waals surface area contributed by atoms with Crippen LogP contribution in [-0.2, 0) is 20.8 Å². The number of carboxylic acids is 1. The van der Waals surface area contributed by atoms with Crippen molar-refractivity contribution in [2.75, 3.05) is 10.2 Å². The second-order valence-electron chi connectivity index (χ2n) is 5.83. The van der Waals surface area contributed by atoms with Gasteiger partial charge in [0.1, 0.15) is 11.9 Å². The standard InChI is InChI=1S/C18H14ClFN2O4/c19-13-8-11(3-6-14(13)20)21-15-9-16(23)22(18(15)26)12-4-1-10(2-5-12)7-17(24)25/h1-6,8,15,21H,7,9H2,(H,24,25). The maximum absolute atomic E-state index is 13.2. The number of hydrogen-bond acceptors (Lipinski definition) is 4. The van der Waals surface area contributed by atoms with Gasteiger partial charge in [-0.25, -0.2) is 9.29 Å². The van der Waals surface area contributed by atoms with Crippen LogP contribution in [-0.4, -0.2) is 28.9 Å². The normalized spacial score (nSPS) is 16.8. The summed E-state index contributed by atoms with van der Waals surface area (Å²) in [4.78, 5) is 36.6. The molecule has 0 aromatic heterocycles. The van der Waals surface area contributed by atoms with E-state index in [9.17, 15) is 18.8 Å². The van der Waals surface area contributed by atoms with Crippen molar-refractivity contribution in [3.05, 3.63) is 58.9 Å². The first-order valence-electron chi connectivity index (χ1n) is 7.74. The van der Waals surface area contributed by atoms with Crippen molar-refractivity contribution >= 4 is 40.8 Å². The Kier molecular flexibility index (Phi) is 4.90. The van der Waals surface area contributed by atoms with Crippen LogP contribution in [0.15, 0.2) is 42.5 Å². The van der Waals surface area contributed by atoms with Gasteiger partial charge in [-0.2, -0.15) is 0 Å². The zero-order chi connectivity index (χ0) is 18.8. The molecule has 1 saturated heterocycles. The largest absolute Gasteiger partial charge is 0.481 e. The molecule has 1 heterocycles. The molecular formula is C18H14ClFN2O4. The predicted octanol–water partition coefficient (Wildman–Crippen LogP) is 2.85. The highest BCUT2D eigenvalue weighted by atomic mass is 35.5. The van der Waals surface area contributed by atoms with Gasteiger partial charge in [0, 0.05) is 5.69 Å². The van der Waals surface area contributed by atoms with E-state index in [1.165, 1.54) is 30.3 Å². The molecule has 0 bridgehead atoms. The number of carbonyl (C=O) groups is 3. The molecule has 1 aliphatic heterocycles. The number of rotatable bonds is 5. The summed E-state index contributed by atoms with van der Waals surface area (Å²) in [6, 6.07) is 9.35. The van der Waals surface area contributed by atoms with Crippen LogP contribution in [0.2, 0.25) is 5.02 Å². The molecule has 2 N–H and O–H groups in total. The van der Waals surface area contributed by atoms with Gasteiger partial charge in [0.05, 0.1) is 23.6 Å². The second kappa shape index (κ2) is 7.13. The molecule has 0 saturated carbocycles. The van der Waals surface area contributed by atoms with Crippen LogP contribution in [0.25, 0.3) is 0 Å². The van der Waals surface area contributed by atoms with E-state index >= 15 is 0 Å². The van der Waals surface area contributed by atoms with Crippen molar-refractivity contribution in [2.45, 2.75) is 18.9 Å². The van der Waals surface area contributed by atoms with E-state index in [0.29, 0.717) is 16.9 Å². The molecule has 3 rings (SSSR count). The molecule has 2 amide bonds. The molecule has 1 fully saturated rings. The zero-order valence-electron chi connectivity index (χ0n) is 13.4. The molecule has 6 nitrogen and oxygen atoms in total. The highest BCUT2D eigenvalue weighted by Gasteiger charge is 2.39. The smallest absolute Gasteiger partial charge is 0.307 e. The molecule has 8 heteroatoms. The molecule has 0 radical (unpaired) electrons. The third-order valence-electron chi connectivity index (χ3n) is 3.96. The summed E-state index contributed by atoms with van der Waals surface area (Å²) in [5, 5.41) is 11.6. The first-order valence-corrected chi connectivity index (χ1v) is 8.12. The zero-order valence-corrected chi connectivity index (χ0v) is 14.2. The first-order chi connectivity index (χ1) is 12.3. The number of carbonyl (C=O) groups excluding carboxylic acids is 2. The number of imide groups is 1. The SMILES string of the molecule is O=C(O)Cc1ccc(N2C(=O)CC(Nc3ccc(F)c(Cl)c3)C2=O)cc1. The Bertz CT molecular complexity index is 885. The van der Waals surface area contributed by atoms with E-state index in [-0.39, 0.29) is 23.8 Å². The monoisotopic (exact) mass is 376 g/mol. The Hall–Kier alpha value is -2.93. The Morgan fingerprint density at radius 1 is 1.23 bits per heavy atom. The topological polar surface area (TPSA) is 86.7 Å². The number of nitrogens with zero attached hydrogens (tertiary/aromatic N) is 1. The highest BCUT2D eigenvalue weighted by Crippen LogP contribution is 2.27. The number of amides is 2. The predicted molar refractivity (Wildman–Crippen MR) is 93.7 cm³/mol. The van der Waals surface area contributed by atoms with Gasteiger partial charge in [0.15, 0.2) is 0 Å². The number of anilines is 2. The fourth-order valence-corrected chi connectivity index (χ4v) is 2.92. The molecule has 26 heavy (non-hydrogen) atoms. The average Bonchev–Trinajstić information content (AvgIpc) is 2.85. The first kappa shape index (κ1) is 17.9. The van der Waals surface area contributed by atoms with E-state index in [0.717, 1.165) is 4.90 Å². The quantitative estimate of drug-likeness (QED) is 0.783. The number of halogens is 2. The van der Waals surface area contributed by atoms with E-state index < -0.39 is 23.7 Å². The lowest BCUT2D eigenvalue weighted by molar-refractivity contribution is -0.136. The fraction of sp³-hybridized carbons (Fsp3) is 0.167. The molecule has 1 aliphatic rings. The molecular weight excluding hydrogens is 363 g/mol. The number of hydrogen-bond donors (Lipinski definition) is 2. The van der Waals surface area contributed by atoms with E-state index in [1.54, 1.807) is 12.1 Å². The van der Waals surface area contributed by atoms with Gasteiger partial charge in [-0.05, 0) is 35.9 Å². The number of carboxylic acid groups (broad SMARTS) is 1. The van der Waals surface area contributed by atoms with E-state index in [2.05, 4.69) is 5.32 Å². The molecule has 134 valence electrons. The van der Waals surface area contributed by atoms with E-state index in [1.807, 2.05) is 0 Å². The van der Waals surface area contributed by atoms with Gasteiger partial charge in [-0.15, -0.1) is 0 Å². The van der Waals surface area contributed by atoms with Crippen LogP contribution in [0, 0.1) is 5.82 Å². The van der Waals surface area contributed by atoms with Crippen LogP contribution >= 0.6 is 11.6 Å². The lowest BCUT2D eigenvalue weighted by atomic mass is 10.1. The molecule has 1 atom stereocenters. The third-order valence-corrected chi connectivity index (χ3v) is 4.25. The Labute approximate surface area is 153 Å². The summed E-state index contributed by atoms with van der Waals surface area (Å²) in [7, 11) is 0. The molecule has 1 unspecified atom stereocenters. The van der Waals surface area contributed by atoms with Crippen LogP contribution in [0.1, 0.15) is 12.0 Å². The summed E-state index contributed by atoms with van der Waals surface area (Å²) in [6.07, 6.45) is -0.192. The van der Waals surface area contributed by atoms with Crippen molar-refractivity contribution in [1.29, 1.82) is 0 Å². The number of benzene rings is 2. The van der Waals surface area contributed by atoms with E-state index in [4.69, 9.17) is 16.7 Å². The fourth-order valence-electron chi connectivity index (χ4n) is 2.74. The molecule has 2 aromatic rings. The minimum absolute atomic E-state index is 0.0509.